The largest absolute Gasteiger partial charge is 0.325 e. The minimum absolute atomic E-state index is 0.0185. The Morgan fingerprint density at radius 2 is 0.718 bits per heavy atom. The van der Waals surface area contributed by atoms with Crippen molar-refractivity contribution in [2.75, 3.05) is 0 Å². The molecule has 6 rings (SSSR count). The molecule has 39 heavy (non-hydrogen) atoms. The number of carbonyl (C=O) groups excluding carboxylic acids is 6. The number of nitrogens with one attached hydrogen (secondary N) is 3. The summed E-state index contributed by atoms with van der Waals surface area (Å²) in [5.41, 5.74) is -1.54. The molecule has 0 atom stereocenters. The summed E-state index contributed by atoms with van der Waals surface area (Å²) in [6.45, 7) is 11.1. The molecule has 3 saturated carbocycles. The third-order valence-corrected chi connectivity index (χ3v) is 8.54. The van der Waals surface area contributed by atoms with Crippen LogP contribution < -0.4 is 16.0 Å². The molecule has 6 fully saturated rings. The predicted octanol–water partition coefficient (Wildman–Crippen LogP) is 2.61. The molecule has 0 unspecified atom stereocenters. The molecule has 12 nitrogen and oxygen atoms in total. The first-order valence-electron chi connectivity index (χ1n) is 14.2. The standard InChI is InChI=1S/C10H16N2O2.C9H14N2O2.C8H12N2O2/c1-7(2)12-8(13)10(11-9(12)14)5-3-4-6-10;1-6(2)11-7(12)9(4-3-5-9)10-8(11)13;1-5(2)10-6(11)8(3-4-8)9-7(10)12/h7H,3-6H2,1-2H3,(H,11,14);6H,3-5H2,1-2H3,(H,10,13);5H,3-4H2,1-2H3,(H,9,12). The molecule has 9 amide bonds. The van der Waals surface area contributed by atoms with Crippen LogP contribution in [0.5, 0.6) is 0 Å². The smallest absolute Gasteiger partial charge is 0.323 e. The predicted molar refractivity (Wildman–Crippen MR) is 141 cm³/mol. The quantitative estimate of drug-likeness (QED) is 0.464. The Hall–Kier alpha value is -3.18. The van der Waals surface area contributed by atoms with Gasteiger partial charge in [0.05, 0.1) is 0 Å². The number of nitrogens with zero attached hydrogens (tertiary/aromatic N) is 3. The highest BCUT2D eigenvalue weighted by Gasteiger charge is 2.60. The van der Waals surface area contributed by atoms with Gasteiger partial charge in [0, 0.05) is 18.1 Å². The van der Waals surface area contributed by atoms with E-state index in [2.05, 4.69) is 16.0 Å². The zero-order valence-electron chi connectivity index (χ0n) is 23.9. The number of carbonyl (C=O) groups is 6. The van der Waals surface area contributed by atoms with E-state index in [1.54, 1.807) is 0 Å². The van der Waals surface area contributed by atoms with E-state index in [9.17, 15) is 28.8 Å². The fraction of sp³-hybridized carbons (Fsp3) is 0.778. The van der Waals surface area contributed by atoms with Crippen LogP contribution in [0.25, 0.3) is 0 Å². The topological polar surface area (TPSA) is 148 Å². The monoisotopic (exact) mass is 546 g/mol. The van der Waals surface area contributed by atoms with Gasteiger partial charge in [0.2, 0.25) is 0 Å². The van der Waals surface area contributed by atoms with Crippen molar-refractivity contribution < 1.29 is 28.8 Å². The number of amides is 9. The van der Waals surface area contributed by atoms with Gasteiger partial charge in [-0.1, -0.05) is 12.8 Å². The Morgan fingerprint density at radius 1 is 0.462 bits per heavy atom. The lowest BCUT2D eigenvalue weighted by Gasteiger charge is -2.35. The van der Waals surface area contributed by atoms with Crippen molar-refractivity contribution in [1.82, 2.24) is 30.7 Å². The Labute approximate surface area is 229 Å². The zero-order valence-corrected chi connectivity index (χ0v) is 23.9. The van der Waals surface area contributed by atoms with Crippen molar-refractivity contribution in [3.8, 4) is 0 Å². The van der Waals surface area contributed by atoms with Crippen molar-refractivity contribution >= 4 is 35.8 Å². The summed E-state index contributed by atoms with van der Waals surface area (Å²) >= 11 is 0. The zero-order chi connectivity index (χ0) is 28.9. The highest BCUT2D eigenvalue weighted by Crippen LogP contribution is 2.41. The Balaban J connectivity index is 0.000000136. The summed E-state index contributed by atoms with van der Waals surface area (Å²) in [6.07, 6.45) is 7.96. The van der Waals surface area contributed by atoms with E-state index in [-0.39, 0.29) is 53.9 Å². The molecule has 0 bridgehead atoms. The molecular weight excluding hydrogens is 504 g/mol. The molecule has 0 aromatic carbocycles. The van der Waals surface area contributed by atoms with Gasteiger partial charge in [0.15, 0.2) is 0 Å². The molecular formula is C27H42N6O6. The van der Waals surface area contributed by atoms with Crippen LogP contribution in [0, 0.1) is 0 Å². The number of hydrogen-bond donors (Lipinski definition) is 3. The van der Waals surface area contributed by atoms with Gasteiger partial charge >= 0.3 is 18.1 Å². The fourth-order valence-electron chi connectivity index (χ4n) is 5.98. The van der Waals surface area contributed by atoms with E-state index < -0.39 is 16.6 Å². The first-order valence-corrected chi connectivity index (χ1v) is 14.2. The van der Waals surface area contributed by atoms with Gasteiger partial charge in [-0.05, 0) is 86.5 Å². The molecule has 6 aliphatic rings. The molecule has 3 spiro atoms. The van der Waals surface area contributed by atoms with Gasteiger partial charge < -0.3 is 16.0 Å². The van der Waals surface area contributed by atoms with Crippen LogP contribution in [-0.2, 0) is 14.4 Å². The van der Waals surface area contributed by atoms with Gasteiger partial charge in [-0.3, -0.25) is 29.1 Å². The molecule has 12 heteroatoms. The van der Waals surface area contributed by atoms with E-state index in [1.807, 2.05) is 41.5 Å². The van der Waals surface area contributed by atoms with E-state index in [0.717, 1.165) is 57.8 Å². The highest BCUT2D eigenvalue weighted by molar-refractivity contribution is 6.09. The summed E-state index contributed by atoms with van der Waals surface area (Å²) in [7, 11) is 0. The van der Waals surface area contributed by atoms with Gasteiger partial charge in [-0.25, -0.2) is 14.4 Å². The third kappa shape index (κ3) is 4.86. The molecule has 216 valence electrons. The number of rotatable bonds is 3. The van der Waals surface area contributed by atoms with Gasteiger partial charge in [0.1, 0.15) is 16.6 Å². The van der Waals surface area contributed by atoms with Crippen LogP contribution in [0.3, 0.4) is 0 Å². The molecule has 0 radical (unpaired) electrons. The van der Waals surface area contributed by atoms with Gasteiger partial charge in [-0.15, -0.1) is 0 Å². The Morgan fingerprint density at radius 3 is 0.897 bits per heavy atom. The molecule has 3 N–H and O–H groups in total. The number of imide groups is 3. The lowest BCUT2D eigenvalue weighted by atomic mass is 9.77. The normalized spacial score (nSPS) is 25.3. The summed E-state index contributed by atoms with van der Waals surface area (Å²) < 4.78 is 0. The number of hydrogen-bond acceptors (Lipinski definition) is 6. The summed E-state index contributed by atoms with van der Waals surface area (Å²) in [5, 5.41) is 8.36. The fourth-order valence-corrected chi connectivity index (χ4v) is 5.98. The summed E-state index contributed by atoms with van der Waals surface area (Å²) in [4.78, 5) is 73.7. The van der Waals surface area contributed by atoms with Crippen molar-refractivity contribution in [2.45, 2.75) is 134 Å². The maximum Gasteiger partial charge on any atom is 0.325 e. The molecule has 0 aromatic heterocycles. The second kappa shape index (κ2) is 10.1. The van der Waals surface area contributed by atoms with Crippen molar-refractivity contribution in [1.29, 1.82) is 0 Å². The average molecular weight is 547 g/mol. The summed E-state index contributed by atoms with van der Waals surface area (Å²) in [5.74, 6) is -0.0868. The third-order valence-electron chi connectivity index (χ3n) is 8.54. The van der Waals surface area contributed by atoms with Crippen molar-refractivity contribution in [3.05, 3.63) is 0 Å². The molecule has 3 aliphatic carbocycles. The van der Waals surface area contributed by atoms with E-state index in [0.29, 0.717) is 0 Å². The minimum Gasteiger partial charge on any atom is -0.323 e. The second-order valence-electron chi connectivity index (χ2n) is 12.4. The average Bonchev–Trinajstić information content (AvgIpc) is 3.08. The Kier molecular flexibility index (Phi) is 7.46. The Bertz CT molecular complexity index is 1070. The first kappa shape index (κ1) is 28.8. The second-order valence-corrected chi connectivity index (χ2v) is 12.4. The maximum absolute atomic E-state index is 12.0. The van der Waals surface area contributed by atoms with Crippen LogP contribution in [-0.4, -0.2) is 85.3 Å². The molecule has 0 aromatic rings. The molecule has 3 saturated heterocycles. The maximum atomic E-state index is 12.0. The lowest BCUT2D eigenvalue weighted by Crippen LogP contribution is -2.52. The highest BCUT2D eigenvalue weighted by atomic mass is 16.2. The van der Waals surface area contributed by atoms with Gasteiger partial charge in [0.25, 0.3) is 17.7 Å². The van der Waals surface area contributed by atoms with Crippen molar-refractivity contribution in [3.63, 3.8) is 0 Å². The van der Waals surface area contributed by atoms with E-state index in [4.69, 9.17) is 0 Å². The summed E-state index contributed by atoms with van der Waals surface area (Å²) in [6, 6.07) is -0.772. The van der Waals surface area contributed by atoms with Crippen LogP contribution in [0.4, 0.5) is 14.4 Å². The van der Waals surface area contributed by atoms with Gasteiger partial charge in [-0.2, -0.15) is 0 Å². The van der Waals surface area contributed by atoms with Crippen LogP contribution in [0.15, 0.2) is 0 Å². The number of urea groups is 3. The first-order chi connectivity index (χ1) is 18.2. The molecule has 3 aliphatic heterocycles. The lowest BCUT2D eigenvalue weighted by molar-refractivity contribution is -0.135. The van der Waals surface area contributed by atoms with Crippen LogP contribution in [0.2, 0.25) is 0 Å². The molecule has 3 heterocycles. The van der Waals surface area contributed by atoms with Crippen molar-refractivity contribution in [2.24, 2.45) is 0 Å². The SMILES string of the molecule is CC(C)N1C(=O)NC2(CC2)C1=O.CC(C)N1C(=O)NC2(CCC2)C1=O.CC(C)N1C(=O)NC2(CCCC2)C1=O. The minimum atomic E-state index is -0.540. The van der Waals surface area contributed by atoms with E-state index >= 15 is 0 Å². The van der Waals surface area contributed by atoms with Crippen LogP contribution in [0.1, 0.15) is 99.3 Å². The van der Waals surface area contributed by atoms with E-state index in [1.165, 1.54) is 14.7 Å². The van der Waals surface area contributed by atoms with Crippen LogP contribution >= 0.6 is 0 Å².